The minimum absolute atomic E-state index is 0.0952. The molecule has 2 aliphatic rings. The summed E-state index contributed by atoms with van der Waals surface area (Å²) in [6, 6.07) is 0. The van der Waals surface area contributed by atoms with Crippen molar-refractivity contribution in [3.8, 4) is 0 Å². The van der Waals surface area contributed by atoms with Gasteiger partial charge < -0.3 is 10.1 Å². The zero-order valence-corrected chi connectivity index (χ0v) is 10.4. The minimum Gasteiger partial charge on any atom is -0.381 e. The molecule has 92 valence electrons. The van der Waals surface area contributed by atoms with E-state index in [0.717, 1.165) is 45.6 Å². The molecule has 3 heteroatoms. The molecule has 0 bridgehead atoms. The Kier molecular flexibility index (Phi) is 3.65. The number of ether oxygens (including phenoxy) is 1. The van der Waals surface area contributed by atoms with E-state index in [1.54, 1.807) is 0 Å². The summed E-state index contributed by atoms with van der Waals surface area (Å²) in [6.45, 7) is 7.76. The molecule has 2 rings (SSSR count). The minimum atomic E-state index is -0.0952. The van der Waals surface area contributed by atoms with Crippen LogP contribution in [0.4, 0.5) is 0 Å². The van der Waals surface area contributed by atoms with Gasteiger partial charge in [0, 0.05) is 31.1 Å². The van der Waals surface area contributed by atoms with E-state index in [-0.39, 0.29) is 11.3 Å². The summed E-state index contributed by atoms with van der Waals surface area (Å²) in [4.78, 5) is 12.7. The lowest BCUT2D eigenvalue weighted by atomic mass is 9.68. The summed E-state index contributed by atoms with van der Waals surface area (Å²) in [5.41, 5.74) is -0.0952. The van der Waals surface area contributed by atoms with Crippen molar-refractivity contribution in [2.24, 2.45) is 17.3 Å². The number of hydrogen-bond donors (Lipinski definition) is 1. The SMILES string of the molecule is CC(C)C1(C(=O)C2CCOCC2)CCNC1. The van der Waals surface area contributed by atoms with Crippen molar-refractivity contribution in [2.75, 3.05) is 26.3 Å². The molecule has 0 aliphatic carbocycles. The molecule has 1 unspecified atom stereocenters. The van der Waals surface area contributed by atoms with E-state index in [1.165, 1.54) is 0 Å². The van der Waals surface area contributed by atoms with Crippen molar-refractivity contribution in [3.05, 3.63) is 0 Å². The lowest BCUT2D eigenvalue weighted by Gasteiger charge is -2.35. The first kappa shape index (κ1) is 12.1. The monoisotopic (exact) mass is 225 g/mol. The summed E-state index contributed by atoms with van der Waals surface area (Å²) in [7, 11) is 0. The van der Waals surface area contributed by atoms with Gasteiger partial charge in [-0.2, -0.15) is 0 Å². The van der Waals surface area contributed by atoms with Gasteiger partial charge in [-0.25, -0.2) is 0 Å². The molecule has 1 atom stereocenters. The van der Waals surface area contributed by atoms with Gasteiger partial charge in [-0.1, -0.05) is 13.8 Å². The lowest BCUT2D eigenvalue weighted by Crippen LogP contribution is -2.43. The van der Waals surface area contributed by atoms with Crippen LogP contribution in [0.15, 0.2) is 0 Å². The summed E-state index contributed by atoms with van der Waals surface area (Å²) in [5.74, 6) is 1.18. The second-order valence-corrected chi connectivity index (χ2v) is 5.49. The number of carbonyl (C=O) groups excluding carboxylic acids is 1. The Bertz CT molecular complexity index is 251. The average molecular weight is 225 g/mol. The third-order valence-corrected chi connectivity index (χ3v) is 4.38. The molecule has 0 amide bonds. The maximum absolute atomic E-state index is 12.7. The largest absolute Gasteiger partial charge is 0.381 e. The highest BCUT2D eigenvalue weighted by atomic mass is 16.5. The van der Waals surface area contributed by atoms with E-state index >= 15 is 0 Å². The summed E-state index contributed by atoms with van der Waals surface area (Å²) in [5, 5.41) is 3.36. The Balaban J connectivity index is 2.10. The van der Waals surface area contributed by atoms with E-state index in [9.17, 15) is 4.79 Å². The van der Waals surface area contributed by atoms with Gasteiger partial charge in [0.25, 0.3) is 0 Å². The molecule has 0 aromatic heterocycles. The van der Waals surface area contributed by atoms with Crippen molar-refractivity contribution >= 4 is 5.78 Å². The second-order valence-electron chi connectivity index (χ2n) is 5.49. The smallest absolute Gasteiger partial charge is 0.143 e. The van der Waals surface area contributed by atoms with Crippen LogP contribution in [0, 0.1) is 17.3 Å². The Hall–Kier alpha value is -0.410. The summed E-state index contributed by atoms with van der Waals surface area (Å²) in [6.07, 6.45) is 2.86. The van der Waals surface area contributed by atoms with Gasteiger partial charge in [0.2, 0.25) is 0 Å². The van der Waals surface area contributed by atoms with Gasteiger partial charge in [0.1, 0.15) is 5.78 Å². The van der Waals surface area contributed by atoms with Crippen LogP contribution in [-0.2, 0) is 9.53 Å². The fourth-order valence-electron chi connectivity index (χ4n) is 3.07. The highest BCUT2D eigenvalue weighted by Crippen LogP contribution is 2.39. The van der Waals surface area contributed by atoms with Gasteiger partial charge in [-0.05, 0) is 31.7 Å². The highest BCUT2D eigenvalue weighted by Gasteiger charge is 2.46. The average Bonchev–Trinajstić information content (AvgIpc) is 2.79. The van der Waals surface area contributed by atoms with Crippen molar-refractivity contribution in [3.63, 3.8) is 0 Å². The van der Waals surface area contributed by atoms with Crippen molar-refractivity contribution in [1.82, 2.24) is 5.32 Å². The third kappa shape index (κ3) is 2.03. The number of carbonyl (C=O) groups is 1. The predicted molar refractivity (Wildman–Crippen MR) is 63.3 cm³/mol. The second kappa shape index (κ2) is 4.84. The molecule has 2 saturated heterocycles. The van der Waals surface area contributed by atoms with Gasteiger partial charge >= 0.3 is 0 Å². The van der Waals surface area contributed by atoms with Crippen molar-refractivity contribution in [1.29, 1.82) is 0 Å². The van der Waals surface area contributed by atoms with Crippen LogP contribution in [0.25, 0.3) is 0 Å². The third-order valence-electron chi connectivity index (χ3n) is 4.38. The zero-order chi connectivity index (χ0) is 11.6. The van der Waals surface area contributed by atoms with Crippen LogP contribution < -0.4 is 5.32 Å². The number of nitrogens with one attached hydrogen (secondary N) is 1. The van der Waals surface area contributed by atoms with Gasteiger partial charge in [0.15, 0.2) is 0 Å². The molecule has 2 heterocycles. The number of ketones is 1. The van der Waals surface area contributed by atoms with Gasteiger partial charge in [0.05, 0.1) is 0 Å². The Morgan fingerprint density at radius 2 is 2.06 bits per heavy atom. The molecule has 0 radical (unpaired) electrons. The number of hydrogen-bond acceptors (Lipinski definition) is 3. The summed E-state index contributed by atoms with van der Waals surface area (Å²) >= 11 is 0. The fraction of sp³-hybridized carbons (Fsp3) is 0.923. The molecule has 2 aliphatic heterocycles. The molecule has 1 N–H and O–H groups in total. The topological polar surface area (TPSA) is 38.3 Å². The quantitative estimate of drug-likeness (QED) is 0.793. The van der Waals surface area contributed by atoms with E-state index in [0.29, 0.717) is 11.7 Å². The van der Waals surface area contributed by atoms with E-state index in [2.05, 4.69) is 19.2 Å². The normalized spacial score (nSPS) is 32.2. The van der Waals surface area contributed by atoms with E-state index in [4.69, 9.17) is 4.74 Å². The lowest BCUT2D eigenvalue weighted by molar-refractivity contribution is -0.137. The first-order valence-corrected chi connectivity index (χ1v) is 6.49. The maximum atomic E-state index is 12.7. The highest BCUT2D eigenvalue weighted by molar-refractivity contribution is 5.88. The Morgan fingerprint density at radius 1 is 1.38 bits per heavy atom. The predicted octanol–water partition coefficient (Wildman–Crippen LogP) is 1.62. The van der Waals surface area contributed by atoms with Gasteiger partial charge in [-0.15, -0.1) is 0 Å². The summed E-state index contributed by atoms with van der Waals surface area (Å²) < 4.78 is 5.34. The molecule has 0 saturated carbocycles. The fourth-order valence-corrected chi connectivity index (χ4v) is 3.07. The Labute approximate surface area is 97.9 Å². The van der Waals surface area contributed by atoms with Crippen molar-refractivity contribution in [2.45, 2.75) is 33.1 Å². The molecule has 3 nitrogen and oxygen atoms in total. The molecular formula is C13H23NO2. The molecule has 0 aromatic rings. The van der Waals surface area contributed by atoms with E-state index in [1.807, 2.05) is 0 Å². The van der Waals surface area contributed by atoms with Crippen LogP contribution >= 0.6 is 0 Å². The van der Waals surface area contributed by atoms with Gasteiger partial charge in [-0.3, -0.25) is 4.79 Å². The first-order chi connectivity index (χ1) is 7.67. The van der Waals surface area contributed by atoms with Crippen LogP contribution in [0.2, 0.25) is 0 Å². The zero-order valence-electron chi connectivity index (χ0n) is 10.4. The first-order valence-electron chi connectivity index (χ1n) is 6.49. The maximum Gasteiger partial charge on any atom is 0.143 e. The molecule has 0 aromatic carbocycles. The van der Waals surface area contributed by atoms with Crippen LogP contribution in [0.5, 0.6) is 0 Å². The van der Waals surface area contributed by atoms with Crippen molar-refractivity contribution < 1.29 is 9.53 Å². The standard InChI is InChI=1S/C13H23NO2/c1-10(2)13(5-6-14-9-13)12(15)11-3-7-16-8-4-11/h10-11,14H,3-9H2,1-2H3. The molecule has 16 heavy (non-hydrogen) atoms. The number of Topliss-reactive ketones (excluding diaryl/α,β-unsaturated/α-hetero) is 1. The van der Waals surface area contributed by atoms with Crippen LogP contribution in [0.3, 0.4) is 0 Å². The molecule has 0 spiro atoms. The van der Waals surface area contributed by atoms with E-state index < -0.39 is 0 Å². The number of rotatable bonds is 3. The molecular weight excluding hydrogens is 202 g/mol. The molecule has 2 fully saturated rings. The van der Waals surface area contributed by atoms with Crippen LogP contribution in [0.1, 0.15) is 33.1 Å². The Morgan fingerprint density at radius 3 is 2.56 bits per heavy atom. The van der Waals surface area contributed by atoms with Crippen LogP contribution in [-0.4, -0.2) is 32.1 Å².